The summed E-state index contributed by atoms with van der Waals surface area (Å²) in [7, 11) is 0. The maximum absolute atomic E-state index is 13.4. The van der Waals surface area contributed by atoms with Crippen molar-refractivity contribution in [2.24, 2.45) is 5.73 Å². The molecule has 0 aromatic heterocycles. The van der Waals surface area contributed by atoms with E-state index < -0.39 is 5.92 Å². The highest BCUT2D eigenvalue weighted by atomic mass is 19.3. The minimum absolute atomic E-state index is 0.0504. The quantitative estimate of drug-likeness (QED) is 0.901. The molecule has 18 heavy (non-hydrogen) atoms. The Balaban J connectivity index is 2.47. The van der Waals surface area contributed by atoms with Gasteiger partial charge in [-0.3, -0.25) is 0 Å². The van der Waals surface area contributed by atoms with Crippen LogP contribution < -0.4 is 15.2 Å². The molecule has 1 aromatic rings. The monoisotopic (exact) mass is 257 g/mol. The van der Waals surface area contributed by atoms with Crippen LogP contribution >= 0.6 is 0 Å². The maximum atomic E-state index is 13.4. The fraction of sp³-hybridized carbons (Fsp3) is 0.538. The van der Waals surface area contributed by atoms with Gasteiger partial charge >= 0.3 is 0 Å². The topological polar surface area (TPSA) is 44.5 Å². The summed E-state index contributed by atoms with van der Waals surface area (Å²) in [4.78, 5) is 0. The van der Waals surface area contributed by atoms with Crippen molar-refractivity contribution < 1.29 is 18.3 Å². The molecule has 2 rings (SSSR count). The fourth-order valence-electron chi connectivity index (χ4n) is 2.06. The number of rotatable bonds is 4. The second-order valence-corrected chi connectivity index (χ2v) is 4.67. The van der Waals surface area contributed by atoms with Crippen LogP contribution in [-0.2, 0) is 5.92 Å². The first-order valence-electron chi connectivity index (χ1n) is 5.95. The van der Waals surface area contributed by atoms with E-state index in [1.54, 1.807) is 0 Å². The van der Waals surface area contributed by atoms with Crippen molar-refractivity contribution >= 4 is 0 Å². The molecule has 1 heterocycles. The average Bonchev–Trinajstić information content (AvgIpc) is 2.74. The Morgan fingerprint density at radius 3 is 2.72 bits per heavy atom. The van der Waals surface area contributed by atoms with Gasteiger partial charge in [-0.2, -0.15) is 0 Å². The van der Waals surface area contributed by atoms with Crippen LogP contribution in [0.3, 0.4) is 0 Å². The molecule has 0 aliphatic carbocycles. The summed E-state index contributed by atoms with van der Waals surface area (Å²) in [5.41, 5.74) is 6.21. The van der Waals surface area contributed by atoms with Crippen LogP contribution in [-0.4, -0.2) is 13.3 Å². The first-order valence-corrected chi connectivity index (χ1v) is 5.95. The van der Waals surface area contributed by atoms with E-state index in [2.05, 4.69) is 0 Å². The lowest BCUT2D eigenvalue weighted by Gasteiger charge is -2.17. The maximum Gasteiger partial charge on any atom is 0.270 e. The summed E-state index contributed by atoms with van der Waals surface area (Å²) in [5, 5.41) is 0. The van der Waals surface area contributed by atoms with Crippen molar-refractivity contribution in [3.8, 4) is 11.5 Å². The van der Waals surface area contributed by atoms with Gasteiger partial charge in [0.25, 0.3) is 5.92 Å². The summed E-state index contributed by atoms with van der Waals surface area (Å²) in [6, 6.07) is 2.84. The zero-order chi connectivity index (χ0) is 13.3. The van der Waals surface area contributed by atoms with E-state index >= 15 is 0 Å². The molecule has 1 unspecified atom stereocenters. The molecule has 1 atom stereocenters. The molecule has 0 saturated heterocycles. The lowest BCUT2D eigenvalue weighted by molar-refractivity contribution is 0.0172. The number of benzene rings is 1. The summed E-state index contributed by atoms with van der Waals surface area (Å²) in [5.74, 6) is -1.86. The van der Waals surface area contributed by atoms with Crippen molar-refractivity contribution in [3.05, 3.63) is 23.3 Å². The first-order chi connectivity index (χ1) is 8.43. The molecular formula is C13H17F2NO2. The van der Waals surface area contributed by atoms with Crippen molar-refractivity contribution in [1.82, 2.24) is 0 Å². The molecule has 2 N–H and O–H groups in total. The van der Waals surface area contributed by atoms with Gasteiger partial charge in [-0.1, -0.05) is 6.92 Å². The zero-order valence-corrected chi connectivity index (χ0v) is 10.5. The molecule has 0 fully saturated rings. The SMILES string of the molecule is CC(CCN)c1cc(C(C)(F)F)cc2c1OCO2. The second kappa shape index (κ2) is 4.72. The Bertz CT molecular complexity index is 443. The molecule has 1 aromatic carbocycles. The van der Waals surface area contributed by atoms with Crippen LogP contribution in [0.4, 0.5) is 8.78 Å². The highest BCUT2D eigenvalue weighted by Crippen LogP contribution is 2.44. The molecule has 5 heteroatoms. The Labute approximate surface area is 105 Å². The molecule has 3 nitrogen and oxygen atoms in total. The number of nitrogens with two attached hydrogens (primary N) is 1. The third-order valence-corrected chi connectivity index (χ3v) is 3.14. The summed E-state index contributed by atoms with van der Waals surface area (Å²) < 4.78 is 37.4. The number of hydrogen-bond acceptors (Lipinski definition) is 3. The highest BCUT2D eigenvalue weighted by Gasteiger charge is 2.30. The molecule has 1 aliphatic heterocycles. The number of halogens is 2. The Kier molecular flexibility index (Phi) is 3.43. The molecular weight excluding hydrogens is 240 g/mol. The molecule has 0 radical (unpaired) electrons. The Hall–Kier alpha value is -1.36. The van der Waals surface area contributed by atoms with Crippen molar-refractivity contribution in [2.75, 3.05) is 13.3 Å². The zero-order valence-electron chi connectivity index (χ0n) is 10.5. The minimum Gasteiger partial charge on any atom is -0.454 e. The van der Waals surface area contributed by atoms with Gasteiger partial charge in [0, 0.05) is 18.1 Å². The van der Waals surface area contributed by atoms with E-state index in [-0.39, 0.29) is 18.3 Å². The van der Waals surface area contributed by atoms with Gasteiger partial charge in [-0.25, -0.2) is 8.78 Å². The van der Waals surface area contributed by atoms with E-state index in [0.717, 1.165) is 12.5 Å². The van der Waals surface area contributed by atoms with Crippen molar-refractivity contribution in [2.45, 2.75) is 32.1 Å². The van der Waals surface area contributed by atoms with Crippen LogP contribution in [0.5, 0.6) is 11.5 Å². The Morgan fingerprint density at radius 2 is 2.11 bits per heavy atom. The summed E-state index contributed by atoms with van der Waals surface area (Å²) in [6.07, 6.45) is 0.717. The third-order valence-electron chi connectivity index (χ3n) is 3.14. The van der Waals surface area contributed by atoms with Crippen LogP contribution in [0.15, 0.2) is 12.1 Å². The lowest BCUT2D eigenvalue weighted by Crippen LogP contribution is -2.10. The molecule has 100 valence electrons. The predicted molar refractivity (Wildman–Crippen MR) is 64.2 cm³/mol. The van der Waals surface area contributed by atoms with Crippen LogP contribution in [0.1, 0.15) is 37.3 Å². The summed E-state index contributed by atoms with van der Waals surface area (Å²) in [6.45, 7) is 3.41. The lowest BCUT2D eigenvalue weighted by atomic mass is 9.93. The van der Waals surface area contributed by atoms with E-state index in [0.29, 0.717) is 24.5 Å². The van der Waals surface area contributed by atoms with Gasteiger partial charge in [0.15, 0.2) is 11.5 Å². The number of alkyl halides is 2. The normalized spacial score (nSPS) is 15.8. The molecule has 0 spiro atoms. The van der Waals surface area contributed by atoms with E-state index in [9.17, 15) is 8.78 Å². The predicted octanol–water partition coefficient (Wildman–Crippen LogP) is 2.98. The van der Waals surface area contributed by atoms with Gasteiger partial charge < -0.3 is 15.2 Å². The average molecular weight is 257 g/mol. The van der Waals surface area contributed by atoms with Crippen LogP contribution in [0.25, 0.3) is 0 Å². The summed E-state index contributed by atoms with van der Waals surface area (Å²) >= 11 is 0. The first kappa shape index (κ1) is 13.1. The number of ether oxygens (including phenoxy) is 2. The fourth-order valence-corrected chi connectivity index (χ4v) is 2.06. The van der Waals surface area contributed by atoms with Gasteiger partial charge in [-0.15, -0.1) is 0 Å². The van der Waals surface area contributed by atoms with Gasteiger partial charge in [0.2, 0.25) is 6.79 Å². The molecule has 0 bridgehead atoms. The van der Waals surface area contributed by atoms with Crippen molar-refractivity contribution in [3.63, 3.8) is 0 Å². The third kappa shape index (κ3) is 2.41. The van der Waals surface area contributed by atoms with E-state index in [1.165, 1.54) is 12.1 Å². The van der Waals surface area contributed by atoms with E-state index in [4.69, 9.17) is 15.2 Å². The van der Waals surface area contributed by atoms with E-state index in [1.807, 2.05) is 6.92 Å². The van der Waals surface area contributed by atoms with Crippen LogP contribution in [0.2, 0.25) is 0 Å². The second-order valence-electron chi connectivity index (χ2n) is 4.67. The minimum atomic E-state index is -2.89. The standard InChI is InChI=1S/C13H17F2NO2/c1-8(3-4-16)10-5-9(13(2,14)15)6-11-12(10)18-7-17-11/h5-6,8H,3-4,7,16H2,1-2H3. The number of fused-ring (bicyclic) bond motifs is 1. The molecule has 1 aliphatic rings. The highest BCUT2D eigenvalue weighted by molar-refractivity contribution is 5.53. The van der Waals surface area contributed by atoms with Crippen LogP contribution in [0, 0.1) is 0 Å². The smallest absolute Gasteiger partial charge is 0.270 e. The van der Waals surface area contributed by atoms with Crippen molar-refractivity contribution in [1.29, 1.82) is 0 Å². The number of hydrogen-bond donors (Lipinski definition) is 1. The van der Waals surface area contributed by atoms with Gasteiger partial charge in [0.1, 0.15) is 0 Å². The van der Waals surface area contributed by atoms with Gasteiger partial charge in [0.05, 0.1) is 0 Å². The van der Waals surface area contributed by atoms with Gasteiger partial charge in [-0.05, 0) is 31.0 Å². The Morgan fingerprint density at radius 1 is 1.39 bits per heavy atom. The molecule has 0 amide bonds. The largest absolute Gasteiger partial charge is 0.454 e. The molecule has 0 saturated carbocycles.